The molecule has 6 nitrogen and oxygen atoms in total. The largest absolute Gasteiger partial charge is 0.370 e. The molecule has 1 aliphatic heterocycles. The van der Waals surface area contributed by atoms with Crippen molar-refractivity contribution in [2.75, 3.05) is 44.2 Å². The molecular weight excluding hydrogens is 323 g/mol. The van der Waals surface area contributed by atoms with Gasteiger partial charge in [-0.2, -0.15) is 0 Å². The van der Waals surface area contributed by atoms with Crippen molar-refractivity contribution < 1.29 is 18.0 Å². The van der Waals surface area contributed by atoms with Gasteiger partial charge in [-0.05, 0) is 24.3 Å². The molecule has 0 unspecified atom stereocenters. The highest BCUT2D eigenvalue weighted by Gasteiger charge is 2.18. The summed E-state index contributed by atoms with van der Waals surface area (Å²) in [5.74, 6) is -0.664. The predicted molar refractivity (Wildman–Crippen MR) is 85.7 cm³/mol. The Bertz CT molecular complexity index is 571. The van der Waals surface area contributed by atoms with Crippen molar-refractivity contribution in [1.82, 2.24) is 10.2 Å². The lowest BCUT2D eigenvalue weighted by molar-refractivity contribution is -0.120. The van der Waals surface area contributed by atoms with Gasteiger partial charge in [-0.1, -0.05) is 0 Å². The number of guanidine groups is 1. The standard InChI is InChI=1S/C15H20F3N5O/c16-11-1-3-12(4-2-11)22-5-7-23(8-6-22)15(19)21-10-14(24)20-9-13(17)18/h1-4,13H,5-10H2,(H2,19,21)(H,20,24). The number of nitrogens with one attached hydrogen (secondary N) is 1. The van der Waals surface area contributed by atoms with Crippen molar-refractivity contribution in [2.24, 2.45) is 10.7 Å². The van der Waals surface area contributed by atoms with Gasteiger partial charge in [0.2, 0.25) is 5.91 Å². The Kier molecular flexibility index (Phi) is 6.28. The van der Waals surface area contributed by atoms with E-state index in [2.05, 4.69) is 15.2 Å². The van der Waals surface area contributed by atoms with E-state index in [-0.39, 0.29) is 18.3 Å². The maximum atomic E-state index is 12.9. The van der Waals surface area contributed by atoms with Gasteiger partial charge in [0, 0.05) is 31.9 Å². The van der Waals surface area contributed by atoms with E-state index in [0.29, 0.717) is 26.2 Å². The molecule has 0 aromatic heterocycles. The van der Waals surface area contributed by atoms with E-state index in [0.717, 1.165) is 5.69 Å². The summed E-state index contributed by atoms with van der Waals surface area (Å²) in [5.41, 5.74) is 6.76. The molecule has 0 aliphatic carbocycles. The topological polar surface area (TPSA) is 74.0 Å². The highest BCUT2D eigenvalue weighted by atomic mass is 19.3. The lowest BCUT2D eigenvalue weighted by atomic mass is 10.2. The number of benzene rings is 1. The first-order valence-corrected chi connectivity index (χ1v) is 7.56. The average Bonchev–Trinajstić information content (AvgIpc) is 2.58. The molecule has 1 fully saturated rings. The number of carbonyl (C=O) groups excluding carboxylic acids is 1. The number of alkyl halides is 2. The molecule has 0 saturated carbocycles. The van der Waals surface area contributed by atoms with Gasteiger partial charge in [0.05, 0.1) is 6.54 Å². The van der Waals surface area contributed by atoms with Crippen LogP contribution in [0, 0.1) is 5.82 Å². The number of hydrogen-bond acceptors (Lipinski definition) is 3. The zero-order chi connectivity index (χ0) is 17.5. The van der Waals surface area contributed by atoms with E-state index < -0.39 is 18.9 Å². The Morgan fingerprint density at radius 2 is 1.83 bits per heavy atom. The van der Waals surface area contributed by atoms with Gasteiger partial charge >= 0.3 is 0 Å². The van der Waals surface area contributed by atoms with Crippen molar-refractivity contribution in [2.45, 2.75) is 6.43 Å². The Hall–Kier alpha value is -2.45. The first-order valence-electron chi connectivity index (χ1n) is 7.56. The number of piperazine rings is 1. The Morgan fingerprint density at radius 1 is 1.21 bits per heavy atom. The second kappa shape index (κ2) is 8.42. The molecule has 1 heterocycles. The number of halogens is 3. The first kappa shape index (κ1) is 17.9. The maximum Gasteiger partial charge on any atom is 0.255 e. The van der Waals surface area contributed by atoms with Crippen molar-refractivity contribution in [3.63, 3.8) is 0 Å². The summed E-state index contributed by atoms with van der Waals surface area (Å²) in [7, 11) is 0. The van der Waals surface area contributed by atoms with Gasteiger partial charge in [-0.25, -0.2) is 18.2 Å². The number of rotatable bonds is 5. The van der Waals surface area contributed by atoms with E-state index >= 15 is 0 Å². The number of amides is 1. The third-order valence-electron chi connectivity index (χ3n) is 3.63. The monoisotopic (exact) mass is 343 g/mol. The molecule has 0 atom stereocenters. The third kappa shape index (κ3) is 5.32. The molecule has 1 saturated heterocycles. The molecule has 2 rings (SSSR count). The molecule has 132 valence electrons. The zero-order valence-electron chi connectivity index (χ0n) is 13.1. The summed E-state index contributed by atoms with van der Waals surface area (Å²) >= 11 is 0. The molecule has 0 radical (unpaired) electrons. The second-order valence-corrected chi connectivity index (χ2v) is 5.32. The number of nitrogens with two attached hydrogens (primary N) is 1. The van der Waals surface area contributed by atoms with Gasteiger partial charge in [0.15, 0.2) is 5.96 Å². The summed E-state index contributed by atoms with van der Waals surface area (Å²) < 4.78 is 36.9. The quantitative estimate of drug-likeness (QED) is 0.608. The van der Waals surface area contributed by atoms with Gasteiger partial charge < -0.3 is 20.9 Å². The van der Waals surface area contributed by atoms with Crippen LogP contribution in [0.15, 0.2) is 29.3 Å². The minimum Gasteiger partial charge on any atom is -0.370 e. The number of hydrogen-bond donors (Lipinski definition) is 2. The second-order valence-electron chi connectivity index (χ2n) is 5.32. The van der Waals surface area contributed by atoms with Crippen LogP contribution >= 0.6 is 0 Å². The van der Waals surface area contributed by atoms with Crippen LogP contribution < -0.4 is 16.0 Å². The lowest BCUT2D eigenvalue weighted by Gasteiger charge is -2.36. The van der Waals surface area contributed by atoms with Gasteiger partial charge in [0.25, 0.3) is 6.43 Å². The number of anilines is 1. The number of nitrogens with zero attached hydrogens (tertiary/aromatic N) is 3. The van der Waals surface area contributed by atoms with Gasteiger partial charge in [-0.3, -0.25) is 4.79 Å². The fourth-order valence-electron chi connectivity index (χ4n) is 2.35. The van der Waals surface area contributed by atoms with Crippen LogP contribution in [0.1, 0.15) is 0 Å². The summed E-state index contributed by atoms with van der Waals surface area (Å²) in [6.07, 6.45) is -2.59. The number of carbonyl (C=O) groups is 1. The first-order chi connectivity index (χ1) is 11.5. The molecule has 3 N–H and O–H groups in total. The van der Waals surface area contributed by atoms with Crippen LogP contribution in [0.3, 0.4) is 0 Å². The molecule has 0 spiro atoms. The molecule has 1 aliphatic rings. The van der Waals surface area contributed by atoms with Crippen LogP contribution in [0.25, 0.3) is 0 Å². The molecule has 0 bridgehead atoms. The maximum absolute atomic E-state index is 12.9. The van der Waals surface area contributed by atoms with Crippen LogP contribution in [-0.4, -0.2) is 62.5 Å². The van der Waals surface area contributed by atoms with Gasteiger partial charge in [0.1, 0.15) is 12.4 Å². The number of aliphatic imine (C=N–C) groups is 1. The predicted octanol–water partition coefficient (Wildman–Crippen LogP) is 0.644. The molecule has 9 heteroatoms. The van der Waals surface area contributed by atoms with E-state index in [1.165, 1.54) is 12.1 Å². The lowest BCUT2D eigenvalue weighted by Crippen LogP contribution is -2.51. The molecule has 1 aromatic rings. The van der Waals surface area contributed by atoms with Crippen molar-refractivity contribution in [3.8, 4) is 0 Å². The van der Waals surface area contributed by atoms with Crippen LogP contribution in [0.5, 0.6) is 0 Å². The van der Waals surface area contributed by atoms with Crippen LogP contribution in [0.2, 0.25) is 0 Å². The Balaban J connectivity index is 1.79. The highest BCUT2D eigenvalue weighted by molar-refractivity contribution is 5.84. The normalized spacial score (nSPS) is 15.8. The summed E-state index contributed by atoms with van der Waals surface area (Å²) in [5, 5.41) is 2.06. The smallest absolute Gasteiger partial charge is 0.255 e. The minimum absolute atomic E-state index is 0.209. The SMILES string of the molecule is NC(=NCC(=O)NCC(F)F)N1CCN(c2ccc(F)cc2)CC1. The minimum atomic E-state index is -2.59. The highest BCUT2D eigenvalue weighted by Crippen LogP contribution is 2.16. The molecule has 24 heavy (non-hydrogen) atoms. The fourth-order valence-corrected chi connectivity index (χ4v) is 2.35. The third-order valence-corrected chi connectivity index (χ3v) is 3.63. The van der Waals surface area contributed by atoms with Crippen molar-refractivity contribution >= 4 is 17.6 Å². The Morgan fingerprint density at radius 3 is 2.42 bits per heavy atom. The molecule has 1 aromatic carbocycles. The summed E-state index contributed by atoms with van der Waals surface area (Å²) in [6, 6.07) is 6.26. The fraction of sp³-hybridized carbons (Fsp3) is 0.467. The Labute approximate surface area is 138 Å². The van der Waals surface area contributed by atoms with Crippen molar-refractivity contribution in [1.29, 1.82) is 0 Å². The van der Waals surface area contributed by atoms with E-state index in [1.54, 1.807) is 12.1 Å². The average molecular weight is 343 g/mol. The summed E-state index contributed by atoms with van der Waals surface area (Å²) in [6.45, 7) is 1.59. The van der Waals surface area contributed by atoms with Crippen LogP contribution in [0.4, 0.5) is 18.9 Å². The molecule has 1 amide bonds. The van der Waals surface area contributed by atoms with E-state index in [1.807, 2.05) is 4.90 Å². The molecular formula is C15H20F3N5O. The summed E-state index contributed by atoms with van der Waals surface area (Å²) in [4.78, 5) is 19.2. The van der Waals surface area contributed by atoms with Crippen molar-refractivity contribution in [3.05, 3.63) is 30.1 Å². The van der Waals surface area contributed by atoms with E-state index in [9.17, 15) is 18.0 Å². The zero-order valence-corrected chi connectivity index (χ0v) is 13.1. The van der Waals surface area contributed by atoms with E-state index in [4.69, 9.17) is 5.73 Å². The van der Waals surface area contributed by atoms with Gasteiger partial charge in [-0.15, -0.1) is 0 Å². The van der Waals surface area contributed by atoms with Crippen LogP contribution in [-0.2, 0) is 4.79 Å².